The first kappa shape index (κ1) is 27.5. The van der Waals surface area contributed by atoms with E-state index >= 15 is 0 Å². The average molecular weight is 568 g/mol. The largest absolute Gasteiger partial charge is 0.465 e. The van der Waals surface area contributed by atoms with Gasteiger partial charge in [-0.3, -0.25) is 4.90 Å². The zero-order valence-corrected chi connectivity index (χ0v) is 21.3. The highest BCUT2D eigenvalue weighted by Crippen LogP contribution is 2.33. The number of nitrogens with one attached hydrogen (secondary N) is 2. The van der Waals surface area contributed by atoms with Crippen molar-refractivity contribution in [2.24, 2.45) is 10.1 Å². The first-order chi connectivity index (χ1) is 18.0. The molecule has 2 aromatic rings. The van der Waals surface area contributed by atoms with E-state index in [9.17, 15) is 28.3 Å². The lowest BCUT2D eigenvalue weighted by Gasteiger charge is -2.22. The zero-order valence-electron chi connectivity index (χ0n) is 19.8. The van der Waals surface area contributed by atoms with Crippen LogP contribution in [0, 0.1) is 11.5 Å². The minimum absolute atomic E-state index is 0.0875. The smallest absolute Gasteiger partial charge is 0.416 e. The van der Waals surface area contributed by atoms with E-state index in [4.69, 9.17) is 23.2 Å². The Hall–Kier alpha value is -3.53. The van der Waals surface area contributed by atoms with Crippen LogP contribution in [0.25, 0.3) is 0 Å². The molecule has 14 heteroatoms. The Labute approximate surface area is 226 Å². The summed E-state index contributed by atoms with van der Waals surface area (Å²) in [7, 11) is 0. The van der Waals surface area contributed by atoms with Crippen molar-refractivity contribution < 1.29 is 23.1 Å². The van der Waals surface area contributed by atoms with Gasteiger partial charge in [-0.1, -0.05) is 35.3 Å². The van der Waals surface area contributed by atoms with E-state index < -0.39 is 23.9 Å². The number of likely N-dealkylation sites (tertiary alicyclic amines) is 1. The molecule has 1 fully saturated rings. The summed E-state index contributed by atoms with van der Waals surface area (Å²) < 4.78 is 40.6. The van der Waals surface area contributed by atoms with Crippen molar-refractivity contribution in [2.45, 2.75) is 31.6 Å². The van der Waals surface area contributed by atoms with Crippen LogP contribution in [0.15, 0.2) is 46.5 Å². The number of anilines is 1. The van der Waals surface area contributed by atoms with Gasteiger partial charge in [-0.15, -0.1) is 4.99 Å². The number of aliphatic imine (C=N–C) groups is 1. The zero-order chi connectivity index (χ0) is 27.4. The summed E-state index contributed by atoms with van der Waals surface area (Å²) in [5.41, 5.74) is 0.555. The lowest BCUT2D eigenvalue weighted by atomic mass is 10.0. The third kappa shape index (κ3) is 6.48. The van der Waals surface area contributed by atoms with Gasteiger partial charge in [-0.25, -0.2) is 9.80 Å². The van der Waals surface area contributed by atoms with Crippen LogP contribution in [0.4, 0.5) is 23.7 Å². The van der Waals surface area contributed by atoms with Crippen LogP contribution in [0.3, 0.4) is 0 Å². The Bertz CT molecular complexity index is 1320. The van der Waals surface area contributed by atoms with Crippen LogP contribution in [-0.4, -0.2) is 58.5 Å². The van der Waals surface area contributed by atoms with Gasteiger partial charge in [-0.05, 0) is 55.8 Å². The van der Waals surface area contributed by atoms with Gasteiger partial charge in [0.1, 0.15) is 0 Å². The Balaban J connectivity index is 1.70. The quantitative estimate of drug-likeness (QED) is 0.259. The molecule has 0 aliphatic carbocycles. The maximum atomic E-state index is 13.5. The number of benzene rings is 2. The fourth-order valence-corrected chi connectivity index (χ4v) is 4.62. The number of nitriles is 1. The van der Waals surface area contributed by atoms with E-state index in [-0.39, 0.29) is 33.9 Å². The van der Waals surface area contributed by atoms with E-state index in [2.05, 4.69) is 25.6 Å². The summed E-state index contributed by atoms with van der Waals surface area (Å²) >= 11 is 12.1. The highest BCUT2D eigenvalue weighted by molar-refractivity contribution is 6.42. The molecule has 1 saturated heterocycles. The predicted octanol–water partition coefficient (Wildman–Crippen LogP) is 5.21. The summed E-state index contributed by atoms with van der Waals surface area (Å²) in [6, 6.07) is 7.16. The number of nitrogens with zero attached hydrogens (tertiary/aromatic N) is 5. The van der Waals surface area contributed by atoms with Crippen LogP contribution in [0.5, 0.6) is 0 Å². The van der Waals surface area contributed by atoms with Gasteiger partial charge in [0, 0.05) is 17.8 Å². The van der Waals surface area contributed by atoms with E-state index in [1.54, 1.807) is 12.3 Å². The summed E-state index contributed by atoms with van der Waals surface area (Å²) in [6.07, 6.45) is -2.26. The molecule has 38 heavy (non-hydrogen) atoms. The fraction of sp³-hybridized carbons (Fsp3) is 0.333. The molecular formula is C24H22Cl2F3N7O2. The Morgan fingerprint density at radius 1 is 1.18 bits per heavy atom. The molecule has 2 heterocycles. The maximum absolute atomic E-state index is 13.5. The van der Waals surface area contributed by atoms with Crippen molar-refractivity contribution in [1.29, 1.82) is 5.26 Å². The third-order valence-corrected chi connectivity index (χ3v) is 6.84. The van der Waals surface area contributed by atoms with E-state index in [0.29, 0.717) is 17.7 Å². The number of hydrazone groups is 1. The third-order valence-electron chi connectivity index (χ3n) is 6.10. The second-order valence-corrected chi connectivity index (χ2v) is 9.53. The molecular weight excluding hydrogens is 546 g/mol. The minimum atomic E-state index is -4.58. The number of hydrogen-bond donors (Lipinski definition) is 3. The first-order valence-electron chi connectivity index (χ1n) is 11.5. The SMILES string of the molecule is N#C/N=C(/Nc1cc(C(F)(F)F)ccc1CN1CCCC1)N1CC(NC(=O)O)C(c2ccc(Cl)c(Cl)c2)=N1. The molecule has 2 aromatic carbocycles. The van der Waals surface area contributed by atoms with E-state index in [0.717, 1.165) is 38.1 Å². The second kappa shape index (κ2) is 11.5. The normalized spacial score (nSPS) is 18.3. The number of amides is 1. The Morgan fingerprint density at radius 3 is 2.55 bits per heavy atom. The molecule has 200 valence electrons. The van der Waals surface area contributed by atoms with E-state index in [1.165, 1.54) is 23.2 Å². The van der Waals surface area contributed by atoms with Crippen molar-refractivity contribution in [1.82, 2.24) is 15.2 Å². The molecule has 0 aromatic heterocycles. The Morgan fingerprint density at radius 2 is 1.92 bits per heavy atom. The lowest BCUT2D eigenvalue weighted by Crippen LogP contribution is -2.43. The standard InChI is InChI=1S/C24H22Cl2F3N7O2/c25-17-6-4-14(9-18(17)26)21-20(33-23(37)38)12-36(34-21)22(31-13-30)32-19-10-16(24(27,28)29)5-3-15(19)11-35-7-1-2-8-35/h3-6,9-10,20,33H,1-2,7-8,11-12H2,(H,31,32)(H,37,38). The molecule has 9 nitrogen and oxygen atoms in total. The number of hydrogen-bond acceptors (Lipinski definition) is 5. The molecule has 1 unspecified atom stereocenters. The molecule has 0 spiro atoms. The topological polar surface area (TPSA) is 116 Å². The average Bonchev–Trinajstić information content (AvgIpc) is 3.51. The second-order valence-electron chi connectivity index (χ2n) is 8.71. The van der Waals surface area contributed by atoms with Crippen LogP contribution < -0.4 is 10.6 Å². The monoisotopic (exact) mass is 567 g/mol. The van der Waals surface area contributed by atoms with Gasteiger partial charge in [0.15, 0.2) is 0 Å². The first-order valence-corrected chi connectivity index (χ1v) is 12.3. The van der Waals surface area contributed by atoms with Crippen LogP contribution in [0.2, 0.25) is 10.0 Å². The Kier molecular flexibility index (Phi) is 8.30. The van der Waals surface area contributed by atoms with Crippen LogP contribution in [0.1, 0.15) is 29.5 Å². The van der Waals surface area contributed by atoms with Gasteiger partial charge < -0.3 is 15.7 Å². The summed E-state index contributed by atoms with van der Waals surface area (Å²) in [5, 5.41) is 30.0. The van der Waals surface area contributed by atoms with E-state index in [1.807, 2.05) is 0 Å². The van der Waals surface area contributed by atoms with Crippen LogP contribution in [-0.2, 0) is 12.7 Å². The van der Waals surface area contributed by atoms with Crippen molar-refractivity contribution in [3.63, 3.8) is 0 Å². The van der Waals surface area contributed by atoms with Crippen molar-refractivity contribution >= 4 is 46.7 Å². The number of guanidine groups is 1. The number of carboxylic acid groups (broad SMARTS) is 1. The maximum Gasteiger partial charge on any atom is 0.416 e. The van der Waals surface area contributed by atoms with Crippen LogP contribution >= 0.6 is 23.2 Å². The fourth-order valence-electron chi connectivity index (χ4n) is 4.32. The molecule has 1 atom stereocenters. The molecule has 2 aliphatic heterocycles. The number of rotatable bonds is 5. The van der Waals surface area contributed by atoms with Crippen molar-refractivity contribution in [3.05, 3.63) is 63.1 Å². The van der Waals surface area contributed by atoms with Gasteiger partial charge >= 0.3 is 12.3 Å². The molecule has 0 bridgehead atoms. The van der Waals surface area contributed by atoms with Gasteiger partial charge in [0.05, 0.1) is 33.9 Å². The van der Waals surface area contributed by atoms with Gasteiger partial charge in [0.2, 0.25) is 12.2 Å². The lowest BCUT2D eigenvalue weighted by molar-refractivity contribution is -0.137. The molecule has 0 radical (unpaired) electrons. The van der Waals surface area contributed by atoms with Crippen molar-refractivity contribution in [2.75, 3.05) is 25.0 Å². The highest BCUT2D eigenvalue weighted by Gasteiger charge is 2.34. The molecule has 0 saturated carbocycles. The summed E-state index contributed by atoms with van der Waals surface area (Å²) in [5.74, 6) is -0.165. The molecule has 1 amide bonds. The number of halogens is 5. The number of alkyl halides is 3. The predicted molar refractivity (Wildman–Crippen MR) is 137 cm³/mol. The minimum Gasteiger partial charge on any atom is -0.465 e. The molecule has 3 N–H and O–H groups in total. The summed E-state index contributed by atoms with van der Waals surface area (Å²) in [6.45, 7) is 1.97. The van der Waals surface area contributed by atoms with Gasteiger partial charge in [0.25, 0.3) is 0 Å². The summed E-state index contributed by atoms with van der Waals surface area (Å²) in [4.78, 5) is 17.3. The molecule has 4 rings (SSSR count). The van der Waals surface area contributed by atoms with Crippen molar-refractivity contribution in [3.8, 4) is 6.19 Å². The van der Waals surface area contributed by atoms with Gasteiger partial charge in [-0.2, -0.15) is 23.5 Å². The highest BCUT2D eigenvalue weighted by atomic mass is 35.5. The molecule has 2 aliphatic rings. The number of carbonyl (C=O) groups is 1.